The van der Waals surface area contributed by atoms with Gasteiger partial charge < -0.3 is 5.11 Å². The summed E-state index contributed by atoms with van der Waals surface area (Å²) in [6, 6.07) is 0. The number of carbonyl (C=O) groups is 1. The summed E-state index contributed by atoms with van der Waals surface area (Å²) in [6.07, 6.45) is 15.7. The second-order valence-corrected chi connectivity index (χ2v) is 11.0. The fraction of sp³-hybridized carbons (Fsp3) is 0.958. The van der Waals surface area contributed by atoms with Gasteiger partial charge in [0.25, 0.3) is 0 Å². The summed E-state index contributed by atoms with van der Waals surface area (Å²) in [5.74, 6) is 4.57. The summed E-state index contributed by atoms with van der Waals surface area (Å²) in [5.41, 5.74) is 1.12. The van der Waals surface area contributed by atoms with Crippen molar-refractivity contribution in [2.45, 2.75) is 97.8 Å². The highest BCUT2D eigenvalue weighted by Gasteiger charge is 2.60. The molecule has 148 valence electrons. The van der Waals surface area contributed by atoms with E-state index < -0.39 is 5.97 Å². The molecular weight excluding hydrogens is 320 g/mol. The number of carboxylic acid groups (broad SMARTS) is 1. The van der Waals surface area contributed by atoms with Crippen molar-refractivity contribution >= 4 is 5.97 Å². The van der Waals surface area contributed by atoms with Gasteiger partial charge in [0, 0.05) is 6.42 Å². The van der Waals surface area contributed by atoms with Crippen LogP contribution in [-0.4, -0.2) is 11.1 Å². The van der Waals surface area contributed by atoms with Crippen molar-refractivity contribution in [3.05, 3.63) is 0 Å². The quantitative estimate of drug-likeness (QED) is 0.618. The molecule has 4 saturated carbocycles. The molecule has 0 heterocycles. The van der Waals surface area contributed by atoms with Crippen molar-refractivity contribution in [1.82, 2.24) is 0 Å². The van der Waals surface area contributed by atoms with E-state index >= 15 is 0 Å². The van der Waals surface area contributed by atoms with Crippen molar-refractivity contribution < 1.29 is 9.90 Å². The Morgan fingerprint density at radius 1 is 0.962 bits per heavy atom. The third-order valence-corrected chi connectivity index (χ3v) is 10.2. The van der Waals surface area contributed by atoms with Crippen LogP contribution in [-0.2, 0) is 4.79 Å². The minimum atomic E-state index is -0.621. The van der Waals surface area contributed by atoms with E-state index in [9.17, 15) is 4.79 Å². The van der Waals surface area contributed by atoms with Gasteiger partial charge in [-0.15, -0.1) is 0 Å². The molecule has 0 spiro atoms. The van der Waals surface area contributed by atoms with Crippen molar-refractivity contribution in [2.24, 2.45) is 46.3 Å². The Hall–Kier alpha value is -0.530. The Morgan fingerprint density at radius 2 is 1.73 bits per heavy atom. The number of hydrogen-bond donors (Lipinski definition) is 1. The fourth-order valence-electron chi connectivity index (χ4n) is 8.82. The second kappa shape index (κ2) is 6.82. The van der Waals surface area contributed by atoms with Gasteiger partial charge in [-0.3, -0.25) is 4.79 Å². The molecule has 1 N–H and O–H groups in total. The highest BCUT2D eigenvalue weighted by molar-refractivity contribution is 5.66. The average Bonchev–Trinajstić information content (AvgIpc) is 2.96. The van der Waals surface area contributed by atoms with Crippen LogP contribution in [0.25, 0.3) is 0 Å². The fourth-order valence-corrected chi connectivity index (χ4v) is 8.82. The van der Waals surface area contributed by atoms with Crippen LogP contribution in [0.2, 0.25) is 0 Å². The molecule has 2 heteroatoms. The summed E-state index contributed by atoms with van der Waals surface area (Å²) in [4.78, 5) is 11.0. The van der Waals surface area contributed by atoms with E-state index in [0.717, 1.165) is 36.0 Å². The van der Waals surface area contributed by atoms with Crippen molar-refractivity contribution in [3.8, 4) is 0 Å². The number of fused-ring (bicyclic) bond motifs is 5. The first-order chi connectivity index (χ1) is 12.4. The maximum atomic E-state index is 11.0. The molecule has 26 heavy (non-hydrogen) atoms. The van der Waals surface area contributed by atoms with Gasteiger partial charge in [-0.2, -0.15) is 0 Å². The van der Waals surface area contributed by atoms with Crippen LogP contribution in [0.1, 0.15) is 97.8 Å². The van der Waals surface area contributed by atoms with E-state index in [4.69, 9.17) is 5.11 Å². The van der Waals surface area contributed by atoms with Gasteiger partial charge in [0.2, 0.25) is 0 Å². The first-order valence-electron chi connectivity index (χ1n) is 11.6. The maximum Gasteiger partial charge on any atom is 0.303 e. The van der Waals surface area contributed by atoms with Gasteiger partial charge >= 0.3 is 5.97 Å². The van der Waals surface area contributed by atoms with Gasteiger partial charge in [0.15, 0.2) is 0 Å². The third-order valence-electron chi connectivity index (χ3n) is 10.2. The third kappa shape index (κ3) is 2.85. The molecule has 0 saturated heterocycles. The van der Waals surface area contributed by atoms with Crippen LogP contribution >= 0.6 is 0 Å². The first-order valence-corrected chi connectivity index (χ1v) is 11.6. The molecule has 0 aromatic rings. The van der Waals surface area contributed by atoms with Gasteiger partial charge in [-0.25, -0.2) is 0 Å². The number of carboxylic acids is 1. The molecule has 0 radical (unpaired) electrons. The molecule has 4 aliphatic rings. The highest BCUT2D eigenvalue weighted by Crippen LogP contribution is 2.68. The minimum Gasteiger partial charge on any atom is -0.481 e. The maximum absolute atomic E-state index is 11.0. The number of rotatable bonds is 4. The minimum absolute atomic E-state index is 0.351. The van der Waals surface area contributed by atoms with Gasteiger partial charge in [-0.1, -0.05) is 33.6 Å². The average molecular weight is 361 g/mol. The lowest BCUT2D eigenvalue weighted by Gasteiger charge is -2.61. The van der Waals surface area contributed by atoms with Crippen LogP contribution in [0.5, 0.6) is 0 Å². The van der Waals surface area contributed by atoms with E-state index in [2.05, 4.69) is 20.8 Å². The molecule has 4 fully saturated rings. The normalized spacial score (nSPS) is 49.0. The van der Waals surface area contributed by atoms with E-state index in [1.807, 2.05) is 0 Å². The second-order valence-electron chi connectivity index (χ2n) is 11.0. The van der Waals surface area contributed by atoms with Crippen LogP contribution in [0.3, 0.4) is 0 Å². The highest BCUT2D eigenvalue weighted by atomic mass is 16.4. The van der Waals surface area contributed by atoms with Crippen LogP contribution < -0.4 is 0 Å². The lowest BCUT2D eigenvalue weighted by molar-refractivity contribution is -0.137. The number of aliphatic carboxylic acids is 1. The molecule has 0 bridgehead atoms. The van der Waals surface area contributed by atoms with Gasteiger partial charge in [0.1, 0.15) is 0 Å². The largest absolute Gasteiger partial charge is 0.481 e. The lowest BCUT2D eigenvalue weighted by atomic mass is 9.44. The molecular formula is C24H40O2. The van der Waals surface area contributed by atoms with Gasteiger partial charge in [0.05, 0.1) is 0 Å². The van der Waals surface area contributed by atoms with E-state index in [1.54, 1.807) is 0 Å². The van der Waals surface area contributed by atoms with E-state index in [1.165, 1.54) is 64.2 Å². The summed E-state index contributed by atoms with van der Waals surface area (Å²) in [7, 11) is 0. The Kier molecular flexibility index (Phi) is 4.93. The SMILES string of the molecule is C[C@@H](CCC(=O)O)C1CCC2C3CCC4CCCCC4(C)C3CCC21C. The smallest absolute Gasteiger partial charge is 0.303 e. The Labute approximate surface area is 160 Å². The zero-order chi connectivity index (χ0) is 18.5. The molecule has 2 nitrogen and oxygen atoms in total. The number of hydrogen-bond acceptors (Lipinski definition) is 1. The van der Waals surface area contributed by atoms with Crippen LogP contribution in [0.15, 0.2) is 0 Å². The Bertz CT molecular complexity index is 542. The molecule has 8 atom stereocenters. The van der Waals surface area contributed by atoms with Crippen molar-refractivity contribution in [3.63, 3.8) is 0 Å². The Balaban J connectivity index is 1.52. The molecule has 0 aromatic carbocycles. The van der Waals surface area contributed by atoms with Crippen molar-refractivity contribution in [1.29, 1.82) is 0 Å². The Morgan fingerprint density at radius 3 is 2.50 bits per heavy atom. The predicted octanol–water partition coefficient (Wildman–Crippen LogP) is 6.54. The monoisotopic (exact) mass is 360 g/mol. The summed E-state index contributed by atoms with van der Waals surface area (Å²) in [5, 5.41) is 9.09. The van der Waals surface area contributed by atoms with Gasteiger partial charge in [-0.05, 0) is 104 Å². The predicted molar refractivity (Wildman–Crippen MR) is 106 cm³/mol. The molecule has 0 aromatic heterocycles. The van der Waals surface area contributed by atoms with E-state index in [-0.39, 0.29) is 0 Å². The molecule has 4 aliphatic carbocycles. The molecule has 7 unspecified atom stereocenters. The zero-order valence-electron chi connectivity index (χ0n) is 17.3. The molecule has 4 rings (SSSR count). The standard InChI is InChI=1S/C24H40O2/c1-16(7-12-22(25)26)19-10-11-20-18-9-8-17-6-4-5-14-23(17,2)21(18)13-15-24(19,20)3/h16-21H,4-15H2,1-3H3,(H,25,26)/t16-,17?,18?,19?,20?,21?,23?,24?/m0/s1. The summed E-state index contributed by atoms with van der Waals surface area (Å²) in [6.45, 7) is 7.60. The topological polar surface area (TPSA) is 37.3 Å². The zero-order valence-corrected chi connectivity index (χ0v) is 17.3. The van der Waals surface area contributed by atoms with Crippen LogP contribution in [0, 0.1) is 46.3 Å². The first kappa shape index (κ1) is 18.8. The van der Waals surface area contributed by atoms with Crippen molar-refractivity contribution in [2.75, 3.05) is 0 Å². The molecule has 0 aliphatic heterocycles. The van der Waals surface area contributed by atoms with Crippen LogP contribution in [0.4, 0.5) is 0 Å². The summed E-state index contributed by atoms with van der Waals surface area (Å²) < 4.78 is 0. The van der Waals surface area contributed by atoms with E-state index in [0.29, 0.717) is 23.2 Å². The lowest BCUT2D eigenvalue weighted by Crippen LogP contribution is -2.53. The summed E-state index contributed by atoms with van der Waals surface area (Å²) >= 11 is 0. The molecule has 0 amide bonds.